The molecule has 1 N–H and O–H groups in total. The van der Waals surface area contributed by atoms with Gasteiger partial charge in [0.1, 0.15) is 11.6 Å². The van der Waals surface area contributed by atoms with Crippen molar-refractivity contribution < 1.29 is 14.3 Å². The molecule has 1 saturated heterocycles. The number of methoxy groups -OCH3 is 1. The van der Waals surface area contributed by atoms with Crippen molar-refractivity contribution in [2.75, 3.05) is 13.7 Å². The van der Waals surface area contributed by atoms with E-state index in [1.54, 1.807) is 12.0 Å². The minimum Gasteiger partial charge on any atom is -0.376 e. The maximum absolute atomic E-state index is 12.9. The quantitative estimate of drug-likeness (QED) is 0.845. The number of carbonyl (C=O) groups is 2. The van der Waals surface area contributed by atoms with Crippen LogP contribution in [0.2, 0.25) is 0 Å². The van der Waals surface area contributed by atoms with Gasteiger partial charge in [0.25, 0.3) is 0 Å². The Kier molecular flexibility index (Phi) is 3.27. The van der Waals surface area contributed by atoms with E-state index in [2.05, 4.69) is 5.32 Å². The first-order chi connectivity index (χ1) is 9.52. The second kappa shape index (κ2) is 4.72. The van der Waals surface area contributed by atoms with E-state index >= 15 is 0 Å². The van der Waals surface area contributed by atoms with Gasteiger partial charge in [0.15, 0.2) is 0 Å². The smallest absolute Gasteiger partial charge is 0.249 e. The van der Waals surface area contributed by atoms with Crippen LogP contribution in [0.5, 0.6) is 0 Å². The molecule has 1 unspecified atom stereocenters. The van der Waals surface area contributed by atoms with Gasteiger partial charge >= 0.3 is 0 Å². The number of amides is 2. The zero-order chi connectivity index (χ0) is 14.4. The minimum atomic E-state index is -0.623. The summed E-state index contributed by atoms with van der Waals surface area (Å²) in [5, 5.41) is 2.99. The number of rotatable bonds is 3. The summed E-state index contributed by atoms with van der Waals surface area (Å²) in [7, 11) is 1.71. The first-order valence-electron chi connectivity index (χ1n) is 7.70. The summed E-state index contributed by atoms with van der Waals surface area (Å²) in [6.45, 7) is 2.37. The lowest BCUT2D eigenvalue weighted by Crippen LogP contribution is -2.71. The summed E-state index contributed by atoms with van der Waals surface area (Å²) in [6, 6.07) is -0.388. The predicted molar refractivity (Wildman–Crippen MR) is 74.1 cm³/mol. The largest absolute Gasteiger partial charge is 0.376 e. The van der Waals surface area contributed by atoms with Crippen LogP contribution in [0.15, 0.2) is 0 Å². The topological polar surface area (TPSA) is 58.6 Å². The fourth-order valence-corrected chi connectivity index (χ4v) is 3.82. The summed E-state index contributed by atoms with van der Waals surface area (Å²) >= 11 is 0. The normalized spacial score (nSPS) is 31.3. The van der Waals surface area contributed by atoms with Gasteiger partial charge in [-0.3, -0.25) is 9.59 Å². The molecular weight excluding hydrogens is 256 g/mol. The number of piperazine rings is 1. The molecule has 3 rings (SSSR count). The Morgan fingerprint density at radius 3 is 2.35 bits per heavy atom. The number of nitrogens with one attached hydrogen (secondary N) is 1. The van der Waals surface area contributed by atoms with Gasteiger partial charge < -0.3 is 15.0 Å². The molecule has 1 heterocycles. The summed E-state index contributed by atoms with van der Waals surface area (Å²) < 4.78 is 5.63. The summed E-state index contributed by atoms with van der Waals surface area (Å²) in [5.74, 6) is 0.0856. The molecule has 1 aliphatic heterocycles. The molecule has 1 spiro atoms. The lowest BCUT2D eigenvalue weighted by Gasteiger charge is -2.49. The molecule has 1 atom stereocenters. The van der Waals surface area contributed by atoms with Gasteiger partial charge in [0.05, 0.1) is 12.1 Å². The van der Waals surface area contributed by atoms with Gasteiger partial charge in [-0.1, -0.05) is 12.8 Å². The molecule has 112 valence electrons. The molecule has 5 heteroatoms. The van der Waals surface area contributed by atoms with Crippen molar-refractivity contribution >= 4 is 11.8 Å². The maximum atomic E-state index is 12.9. The highest BCUT2D eigenvalue weighted by Crippen LogP contribution is 2.39. The van der Waals surface area contributed by atoms with E-state index in [0.29, 0.717) is 6.54 Å². The van der Waals surface area contributed by atoms with Crippen LogP contribution < -0.4 is 5.32 Å². The van der Waals surface area contributed by atoms with Crippen molar-refractivity contribution in [2.45, 2.75) is 69.1 Å². The number of ether oxygens (including phenoxy) is 1. The summed E-state index contributed by atoms with van der Waals surface area (Å²) in [6.07, 6.45) is 6.69. The molecule has 0 aromatic heterocycles. The van der Waals surface area contributed by atoms with Gasteiger partial charge in [0.2, 0.25) is 11.8 Å². The van der Waals surface area contributed by atoms with E-state index in [0.717, 1.165) is 44.9 Å². The van der Waals surface area contributed by atoms with Crippen molar-refractivity contribution in [3.05, 3.63) is 0 Å². The fraction of sp³-hybridized carbons (Fsp3) is 0.867. The molecule has 5 nitrogen and oxygen atoms in total. The number of carbonyl (C=O) groups excluding carboxylic acids is 2. The Morgan fingerprint density at radius 1 is 1.20 bits per heavy atom. The molecule has 2 aliphatic carbocycles. The maximum Gasteiger partial charge on any atom is 0.249 e. The molecule has 0 bridgehead atoms. The minimum absolute atomic E-state index is 0.0166. The molecule has 2 amide bonds. The Bertz CT molecular complexity index is 419. The van der Waals surface area contributed by atoms with Gasteiger partial charge in [-0.2, -0.15) is 0 Å². The second-order valence-corrected chi connectivity index (χ2v) is 6.63. The predicted octanol–water partition coefficient (Wildman–Crippen LogP) is 1.22. The second-order valence-electron chi connectivity index (χ2n) is 6.63. The van der Waals surface area contributed by atoms with E-state index in [9.17, 15) is 9.59 Å². The number of nitrogens with zero attached hydrogens (tertiary/aromatic N) is 1. The first kappa shape index (κ1) is 13.9. The van der Waals surface area contributed by atoms with Gasteiger partial charge in [-0.05, 0) is 39.0 Å². The van der Waals surface area contributed by atoms with E-state index in [1.807, 2.05) is 6.92 Å². The lowest BCUT2D eigenvalue weighted by atomic mass is 9.78. The third kappa shape index (κ3) is 1.94. The molecule has 20 heavy (non-hydrogen) atoms. The van der Waals surface area contributed by atoms with Crippen molar-refractivity contribution in [3.8, 4) is 0 Å². The van der Waals surface area contributed by atoms with Crippen LogP contribution in [0.4, 0.5) is 0 Å². The third-order valence-electron chi connectivity index (χ3n) is 5.49. The molecular formula is C15H24N2O3. The van der Waals surface area contributed by atoms with E-state index in [4.69, 9.17) is 4.74 Å². The zero-order valence-electron chi connectivity index (χ0n) is 12.4. The van der Waals surface area contributed by atoms with E-state index in [-0.39, 0.29) is 23.5 Å². The molecule has 3 aliphatic rings. The van der Waals surface area contributed by atoms with Crippen LogP contribution in [0, 0.1) is 0 Å². The van der Waals surface area contributed by atoms with Crippen LogP contribution in [-0.4, -0.2) is 47.6 Å². The molecule has 3 fully saturated rings. The average Bonchev–Trinajstić information content (AvgIpc) is 2.85. The van der Waals surface area contributed by atoms with Crippen molar-refractivity contribution in [1.82, 2.24) is 10.2 Å². The van der Waals surface area contributed by atoms with Crippen molar-refractivity contribution in [3.63, 3.8) is 0 Å². The van der Waals surface area contributed by atoms with Crippen LogP contribution in [0.1, 0.15) is 51.9 Å². The summed E-state index contributed by atoms with van der Waals surface area (Å²) in [5.41, 5.74) is -0.844. The van der Waals surface area contributed by atoms with Crippen molar-refractivity contribution in [1.29, 1.82) is 0 Å². The highest BCUT2D eigenvalue weighted by molar-refractivity contribution is 5.99. The Hall–Kier alpha value is -1.10. The van der Waals surface area contributed by atoms with Gasteiger partial charge in [0, 0.05) is 7.11 Å². The Labute approximate surface area is 120 Å². The molecule has 0 aromatic rings. The number of hydrogen-bond acceptors (Lipinski definition) is 3. The van der Waals surface area contributed by atoms with Gasteiger partial charge in [-0.15, -0.1) is 0 Å². The lowest BCUT2D eigenvalue weighted by molar-refractivity contribution is -0.163. The van der Waals surface area contributed by atoms with Crippen LogP contribution in [0.25, 0.3) is 0 Å². The SMILES string of the molecule is COC1(CN2C(=O)C3(CCCC3)NC(=O)C2C)CCC1. The standard InChI is InChI=1S/C15H24N2O3/c1-11-12(18)16-15(8-3-4-9-15)13(19)17(11)10-14(20-2)6-5-7-14/h11H,3-10H2,1-2H3,(H,16,18). The Morgan fingerprint density at radius 2 is 1.85 bits per heavy atom. The highest BCUT2D eigenvalue weighted by atomic mass is 16.5. The third-order valence-corrected chi connectivity index (χ3v) is 5.49. The van der Waals surface area contributed by atoms with Crippen LogP contribution >= 0.6 is 0 Å². The van der Waals surface area contributed by atoms with Crippen molar-refractivity contribution in [2.24, 2.45) is 0 Å². The van der Waals surface area contributed by atoms with Crippen LogP contribution in [-0.2, 0) is 14.3 Å². The zero-order valence-corrected chi connectivity index (χ0v) is 12.4. The van der Waals surface area contributed by atoms with E-state index < -0.39 is 5.54 Å². The number of hydrogen-bond donors (Lipinski definition) is 1. The fourth-order valence-electron chi connectivity index (χ4n) is 3.82. The molecule has 2 saturated carbocycles. The van der Waals surface area contributed by atoms with Gasteiger partial charge in [-0.25, -0.2) is 0 Å². The average molecular weight is 280 g/mol. The molecule has 0 aromatic carbocycles. The highest BCUT2D eigenvalue weighted by Gasteiger charge is 2.53. The first-order valence-corrected chi connectivity index (χ1v) is 7.70. The monoisotopic (exact) mass is 280 g/mol. The van der Waals surface area contributed by atoms with Crippen LogP contribution in [0.3, 0.4) is 0 Å². The molecule has 0 radical (unpaired) electrons. The Balaban J connectivity index is 1.83. The summed E-state index contributed by atoms with van der Waals surface area (Å²) in [4.78, 5) is 26.9. The van der Waals surface area contributed by atoms with E-state index in [1.165, 1.54) is 0 Å².